The zero-order valence-electron chi connectivity index (χ0n) is 19.8. The molecule has 1 aromatic heterocycles. The van der Waals surface area contributed by atoms with Crippen LogP contribution in [0.3, 0.4) is 0 Å². The molecule has 172 valence electrons. The summed E-state index contributed by atoms with van der Waals surface area (Å²) in [6.45, 7) is 9.34. The van der Waals surface area contributed by atoms with Crippen molar-refractivity contribution < 1.29 is 9.90 Å². The number of nitrogens with zero attached hydrogens (tertiary/aromatic N) is 4. The van der Waals surface area contributed by atoms with E-state index in [9.17, 15) is 4.79 Å². The first-order valence-corrected chi connectivity index (χ1v) is 12.1. The Morgan fingerprint density at radius 3 is 2.27 bits per heavy atom. The van der Waals surface area contributed by atoms with Crippen LogP contribution in [0.2, 0.25) is 0 Å². The average Bonchev–Trinajstić information content (AvgIpc) is 3.19. The second-order valence-corrected chi connectivity index (χ2v) is 10.9. The summed E-state index contributed by atoms with van der Waals surface area (Å²) in [5.41, 5.74) is 6.76. The number of carboxylic acids is 1. The first kappa shape index (κ1) is 23.2. The highest BCUT2D eigenvalue weighted by Crippen LogP contribution is 2.47. The zero-order valence-corrected chi connectivity index (χ0v) is 20.6. The lowest BCUT2D eigenvalue weighted by Crippen LogP contribution is -2.34. The number of thioether (sulfide) groups is 1. The van der Waals surface area contributed by atoms with E-state index in [1.54, 1.807) is 28.6 Å². The quantitative estimate of drug-likeness (QED) is 0.373. The maximum Gasteiger partial charge on any atom is 0.335 e. The molecule has 0 radical (unpaired) electrons. The molecule has 0 spiro atoms. The predicted molar refractivity (Wildman–Crippen MR) is 132 cm³/mol. The van der Waals surface area contributed by atoms with E-state index in [1.807, 2.05) is 25.3 Å². The number of hydrogen-bond donors (Lipinski definition) is 1. The number of aromatic carboxylic acids is 1. The third-order valence-corrected chi connectivity index (χ3v) is 7.72. The second-order valence-electron chi connectivity index (χ2n) is 10.00. The van der Waals surface area contributed by atoms with Crippen LogP contribution in [0.5, 0.6) is 0 Å². The van der Waals surface area contributed by atoms with Crippen molar-refractivity contribution in [3.63, 3.8) is 0 Å². The number of tetrazole rings is 1. The van der Waals surface area contributed by atoms with Gasteiger partial charge in [0.05, 0.1) is 5.56 Å². The molecule has 0 fully saturated rings. The van der Waals surface area contributed by atoms with Crippen LogP contribution in [0.1, 0.15) is 78.7 Å². The van der Waals surface area contributed by atoms with E-state index in [4.69, 9.17) is 5.11 Å². The van der Waals surface area contributed by atoms with E-state index in [0.717, 1.165) is 29.3 Å². The third-order valence-electron chi connectivity index (χ3n) is 6.66. The van der Waals surface area contributed by atoms with Gasteiger partial charge in [-0.05, 0) is 74.0 Å². The fourth-order valence-electron chi connectivity index (χ4n) is 4.36. The van der Waals surface area contributed by atoms with Crippen molar-refractivity contribution in [2.75, 3.05) is 0 Å². The minimum absolute atomic E-state index is 0.121. The van der Waals surface area contributed by atoms with Gasteiger partial charge in [0.2, 0.25) is 5.16 Å². The minimum atomic E-state index is -0.914. The molecule has 0 saturated heterocycles. The van der Waals surface area contributed by atoms with Crippen LogP contribution in [-0.2, 0) is 23.6 Å². The molecule has 4 rings (SSSR count). The Labute approximate surface area is 199 Å². The molecule has 3 aromatic rings. The summed E-state index contributed by atoms with van der Waals surface area (Å²) >= 11 is 1.63. The lowest BCUT2D eigenvalue weighted by molar-refractivity contribution is 0.0697. The van der Waals surface area contributed by atoms with Crippen LogP contribution in [-0.4, -0.2) is 31.3 Å². The molecule has 6 nitrogen and oxygen atoms in total. The molecule has 1 heterocycles. The van der Waals surface area contributed by atoms with Gasteiger partial charge in [0, 0.05) is 12.8 Å². The molecule has 0 atom stereocenters. The van der Waals surface area contributed by atoms with Crippen molar-refractivity contribution in [3.8, 4) is 0 Å². The molecule has 2 aromatic carbocycles. The second kappa shape index (κ2) is 8.78. The largest absolute Gasteiger partial charge is 0.478 e. The average molecular weight is 463 g/mol. The van der Waals surface area contributed by atoms with Crippen molar-refractivity contribution in [1.82, 2.24) is 20.2 Å². The smallest absolute Gasteiger partial charge is 0.335 e. The molecular formula is C26H30N4O2S. The number of benzene rings is 2. The maximum atomic E-state index is 11.1. The standard InChI is InChI=1S/C26H30N4O2S/c1-25(2)12-13-26(3,4)22-15-20(16-33-24-27-28-29-30(24)5)19(14-21(22)25)11-8-17-6-9-18(10-7-17)23(31)32/h6-11,14-15H,12-13,16H2,1-5H3,(H,31,32)/b11-8+. The van der Waals surface area contributed by atoms with Crippen LogP contribution < -0.4 is 0 Å². The third kappa shape index (κ3) is 4.88. The summed E-state index contributed by atoms with van der Waals surface area (Å²) in [6.07, 6.45) is 6.51. The van der Waals surface area contributed by atoms with Gasteiger partial charge in [0.15, 0.2) is 0 Å². The summed E-state index contributed by atoms with van der Waals surface area (Å²) in [4.78, 5) is 11.1. The van der Waals surface area contributed by atoms with Gasteiger partial charge in [-0.15, -0.1) is 5.10 Å². The Kier molecular flexibility index (Phi) is 6.18. The fraction of sp³-hybridized carbons (Fsp3) is 0.385. The highest BCUT2D eigenvalue weighted by atomic mass is 32.2. The van der Waals surface area contributed by atoms with Crippen LogP contribution in [0.25, 0.3) is 12.2 Å². The number of fused-ring (bicyclic) bond motifs is 1. The Morgan fingerprint density at radius 1 is 1.06 bits per heavy atom. The van der Waals surface area contributed by atoms with Crippen molar-refractivity contribution in [2.24, 2.45) is 7.05 Å². The summed E-state index contributed by atoms with van der Waals surface area (Å²) in [6, 6.07) is 11.7. The summed E-state index contributed by atoms with van der Waals surface area (Å²) in [5, 5.41) is 21.7. The lowest BCUT2D eigenvalue weighted by atomic mass is 9.62. The zero-order chi connectivity index (χ0) is 23.8. The molecule has 1 N–H and O–H groups in total. The van der Waals surface area contributed by atoms with Crippen LogP contribution in [0.15, 0.2) is 41.6 Å². The molecular weight excluding hydrogens is 432 g/mol. The highest BCUT2D eigenvalue weighted by Gasteiger charge is 2.37. The summed E-state index contributed by atoms with van der Waals surface area (Å²) in [7, 11) is 1.85. The van der Waals surface area contributed by atoms with Crippen LogP contribution in [0, 0.1) is 0 Å². The van der Waals surface area contributed by atoms with E-state index in [1.165, 1.54) is 22.3 Å². The highest BCUT2D eigenvalue weighted by molar-refractivity contribution is 7.98. The van der Waals surface area contributed by atoms with E-state index in [-0.39, 0.29) is 10.8 Å². The van der Waals surface area contributed by atoms with Crippen LogP contribution >= 0.6 is 11.8 Å². The van der Waals surface area contributed by atoms with Gasteiger partial charge in [-0.2, -0.15) is 0 Å². The Hall–Kier alpha value is -2.93. The summed E-state index contributed by atoms with van der Waals surface area (Å²) in [5.74, 6) is -0.155. The van der Waals surface area contributed by atoms with Crippen molar-refractivity contribution >= 4 is 29.9 Å². The fourth-order valence-corrected chi connectivity index (χ4v) is 5.22. The first-order valence-electron chi connectivity index (χ1n) is 11.1. The lowest BCUT2D eigenvalue weighted by Gasteiger charge is -2.42. The van der Waals surface area contributed by atoms with Gasteiger partial charge in [-0.3, -0.25) is 0 Å². The molecule has 0 amide bonds. The van der Waals surface area contributed by atoms with E-state index < -0.39 is 5.97 Å². The number of aryl methyl sites for hydroxylation is 1. The van der Waals surface area contributed by atoms with Crippen molar-refractivity contribution in [3.05, 3.63) is 69.8 Å². The number of rotatable bonds is 6. The number of carbonyl (C=O) groups is 1. The van der Waals surface area contributed by atoms with Gasteiger partial charge >= 0.3 is 5.97 Å². The molecule has 7 heteroatoms. The Morgan fingerprint density at radius 2 is 1.70 bits per heavy atom. The molecule has 0 unspecified atom stereocenters. The molecule has 33 heavy (non-hydrogen) atoms. The normalized spacial score (nSPS) is 16.6. The molecule has 0 bridgehead atoms. The molecule has 1 aliphatic rings. The van der Waals surface area contributed by atoms with E-state index in [2.05, 4.69) is 61.4 Å². The van der Waals surface area contributed by atoms with Gasteiger partial charge in [-0.1, -0.05) is 75.9 Å². The maximum absolute atomic E-state index is 11.1. The SMILES string of the molecule is Cn1nnnc1SCc1cc2c(cc1/C=C/c1ccc(C(=O)O)cc1)C(C)(C)CCC2(C)C. The predicted octanol–water partition coefficient (Wildman–Crippen LogP) is 5.72. The Bertz CT molecular complexity index is 1210. The van der Waals surface area contributed by atoms with E-state index in [0.29, 0.717) is 5.56 Å². The number of aromatic nitrogens is 4. The molecule has 0 saturated carbocycles. The van der Waals surface area contributed by atoms with Crippen LogP contribution in [0.4, 0.5) is 0 Å². The molecule has 0 aliphatic heterocycles. The van der Waals surface area contributed by atoms with Gasteiger partial charge in [0.1, 0.15) is 0 Å². The van der Waals surface area contributed by atoms with Gasteiger partial charge in [-0.25, -0.2) is 9.48 Å². The molecule has 1 aliphatic carbocycles. The topological polar surface area (TPSA) is 80.9 Å². The monoisotopic (exact) mass is 462 g/mol. The van der Waals surface area contributed by atoms with Crippen molar-refractivity contribution in [1.29, 1.82) is 0 Å². The Balaban J connectivity index is 1.74. The van der Waals surface area contributed by atoms with E-state index >= 15 is 0 Å². The van der Waals surface area contributed by atoms with Gasteiger partial charge < -0.3 is 5.11 Å². The van der Waals surface area contributed by atoms with Gasteiger partial charge in [0.25, 0.3) is 0 Å². The first-order chi connectivity index (χ1) is 15.6. The summed E-state index contributed by atoms with van der Waals surface area (Å²) < 4.78 is 1.69. The number of carboxylic acid groups (broad SMARTS) is 1. The number of hydrogen-bond acceptors (Lipinski definition) is 5. The minimum Gasteiger partial charge on any atom is -0.478 e. The van der Waals surface area contributed by atoms with Crippen molar-refractivity contribution in [2.45, 2.75) is 62.3 Å².